The Labute approximate surface area is 242 Å². The lowest BCUT2D eigenvalue weighted by molar-refractivity contribution is 0.340. The summed E-state index contributed by atoms with van der Waals surface area (Å²) in [6.07, 6.45) is 7.45. The minimum Gasteiger partial charge on any atom is -0.349 e. The van der Waals surface area contributed by atoms with Gasteiger partial charge in [-0.05, 0) is 127 Å². The van der Waals surface area contributed by atoms with Gasteiger partial charge in [0, 0.05) is 50.6 Å². The molecule has 38 heavy (non-hydrogen) atoms. The fourth-order valence-corrected chi connectivity index (χ4v) is 7.24. The molecule has 2 aromatic carbocycles. The van der Waals surface area contributed by atoms with Gasteiger partial charge in [-0.3, -0.25) is 0 Å². The van der Waals surface area contributed by atoms with E-state index >= 15 is 0 Å². The summed E-state index contributed by atoms with van der Waals surface area (Å²) in [5.74, 6) is 0. The smallest absolute Gasteiger partial charge is 0.176 e. The highest BCUT2D eigenvalue weighted by Gasteiger charge is 2.27. The number of likely N-dealkylation sites (tertiary alicyclic amines) is 2. The van der Waals surface area contributed by atoms with Crippen LogP contribution >= 0.6 is 24.4 Å². The zero-order chi connectivity index (χ0) is 27.4. The highest BCUT2D eigenvalue weighted by Crippen LogP contribution is 2.31. The van der Waals surface area contributed by atoms with E-state index in [1.807, 2.05) is 0 Å². The van der Waals surface area contributed by atoms with Crippen LogP contribution in [0.4, 0.5) is 11.4 Å². The maximum Gasteiger partial charge on any atom is 0.176 e. The zero-order valence-electron chi connectivity index (χ0n) is 24.4. The van der Waals surface area contributed by atoms with Crippen LogP contribution in [0.15, 0.2) is 24.3 Å². The van der Waals surface area contributed by atoms with Crippen molar-refractivity contribution in [3.8, 4) is 0 Å². The molecule has 6 heteroatoms. The number of rotatable bonds is 5. The Balaban J connectivity index is 1.71. The van der Waals surface area contributed by atoms with E-state index in [2.05, 4.69) is 85.4 Å². The van der Waals surface area contributed by atoms with Crippen LogP contribution < -0.4 is 9.80 Å². The van der Waals surface area contributed by atoms with Crippen LogP contribution in [0.2, 0.25) is 0 Å². The molecule has 0 radical (unpaired) electrons. The zero-order valence-corrected chi connectivity index (χ0v) is 26.0. The molecule has 0 N–H and O–H groups in total. The molecule has 0 bridgehead atoms. The molecule has 2 aliphatic heterocycles. The highest BCUT2D eigenvalue weighted by molar-refractivity contribution is 7.80. The summed E-state index contributed by atoms with van der Waals surface area (Å²) in [6.45, 7) is 19.0. The second kappa shape index (κ2) is 12.8. The van der Waals surface area contributed by atoms with Crippen molar-refractivity contribution in [1.82, 2.24) is 9.80 Å². The van der Waals surface area contributed by atoms with E-state index in [0.29, 0.717) is 0 Å². The molecule has 2 aromatic rings. The molecule has 0 spiro atoms. The molecule has 0 unspecified atom stereocenters. The topological polar surface area (TPSA) is 13.0 Å². The third kappa shape index (κ3) is 6.51. The third-order valence-electron chi connectivity index (χ3n) is 8.07. The van der Waals surface area contributed by atoms with E-state index in [1.165, 1.54) is 83.3 Å². The van der Waals surface area contributed by atoms with Crippen LogP contribution in [0.3, 0.4) is 0 Å². The first-order valence-corrected chi connectivity index (χ1v) is 15.3. The first-order valence-electron chi connectivity index (χ1n) is 14.5. The first kappa shape index (κ1) is 28.8. The number of anilines is 2. The molecule has 2 aliphatic rings. The predicted molar refractivity (Wildman–Crippen MR) is 172 cm³/mol. The minimum absolute atomic E-state index is 0.792. The summed E-state index contributed by atoms with van der Waals surface area (Å²) >= 11 is 12.5. The maximum absolute atomic E-state index is 6.25. The van der Waals surface area contributed by atoms with Crippen molar-refractivity contribution < 1.29 is 0 Å². The molecule has 0 aliphatic carbocycles. The predicted octanol–water partition coefficient (Wildman–Crippen LogP) is 7.39. The Morgan fingerprint density at radius 2 is 0.842 bits per heavy atom. The van der Waals surface area contributed by atoms with E-state index in [9.17, 15) is 0 Å². The lowest BCUT2D eigenvalue weighted by atomic mass is 10.0. The van der Waals surface area contributed by atoms with E-state index in [1.54, 1.807) is 0 Å². The molecule has 2 saturated heterocycles. The number of aryl methyl sites for hydroxylation is 6. The number of piperidine rings is 2. The Hall–Kier alpha value is -2.18. The average molecular weight is 551 g/mol. The van der Waals surface area contributed by atoms with Gasteiger partial charge < -0.3 is 19.6 Å². The van der Waals surface area contributed by atoms with E-state index in [0.717, 1.165) is 49.5 Å². The highest BCUT2D eigenvalue weighted by atomic mass is 32.1. The van der Waals surface area contributed by atoms with Crippen LogP contribution in [0.1, 0.15) is 71.9 Å². The second-order valence-corrected chi connectivity index (χ2v) is 12.2. The molecular weight excluding hydrogens is 505 g/mol. The molecule has 2 fully saturated rings. The first-order chi connectivity index (χ1) is 18.2. The van der Waals surface area contributed by atoms with Crippen LogP contribution in [-0.2, 0) is 0 Å². The number of thiocarbonyl (C=S) groups is 2. The number of benzene rings is 2. The maximum atomic E-state index is 6.25. The van der Waals surface area contributed by atoms with Gasteiger partial charge in [0.25, 0.3) is 0 Å². The van der Waals surface area contributed by atoms with Gasteiger partial charge >= 0.3 is 0 Å². The van der Waals surface area contributed by atoms with Crippen LogP contribution in [0.25, 0.3) is 0 Å². The normalized spacial score (nSPS) is 15.9. The molecule has 206 valence electrons. The van der Waals surface area contributed by atoms with Crippen molar-refractivity contribution in [3.63, 3.8) is 0 Å². The molecular formula is C32H46N4S2. The third-order valence-corrected chi connectivity index (χ3v) is 9.03. The van der Waals surface area contributed by atoms with Gasteiger partial charge in [0.2, 0.25) is 0 Å². The van der Waals surface area contributed by atoms with Gasteiger partial charge in [0.05, 0.1) is 0 Å². The van der Waals surface area contributed by atoms with Gasteiger partial charge in [0.15, 0.2) is 10.2 Å². The summed E-state index contributed by atoms with van der Waals surface area (Å²) in [5, 5.41) is 1.92. The molecule has 4 nitrogen and oxygen atoms in total. The lowest BCUT2D eigenvalue weighted by Crippen LogP contribution is -2.51. The summed E-state index contributed by atoms with van der Waals surface area (Å²) in [6, 6.07) is 9.16. The number of hydrogen-bond donors (Lipinski definition) is 0. The Morgan fingerprint density at radius 3 is 1.13 bits per heavy atom. The van der Waals surface area contributed by atoms with E-state index in [4.69, 9.17) is 24.4 Å². The fraction of sp³-hybridized carbons (Fsp3) is 0.562. The minimum atomic E-state index is 0.792. The SMILES string of the molecule is Cc1cc(C)c(N(CCN(C(=S)N2CCCCC2)c2c(C)cc(C)cc2C)C(=S)N2CCCCC2)c(C)c1. The standard InChI is InChI=1S/C32H46N4S2/c1-23-19-25(3)29(26(4)20-23)35(31(37)33-13-9-7-10-14-33)17-18-36(32(38)34-15-11-8-12-16-34)30-27(5)21-24(2)22-28(30)6/h19-22H,7-18H2,1-6H3. The van der Waals surface area contributed by atoms with E-state index in [-0.39, 0.29) is 0 Å². The van der Waals surface area contributed by atoms with Crippen molar-refractivity contribution in [1.29, 1.82) is 0 Å². The van der Waals surface area contributed by atoms with E-state index < -0.39 is 0 Å². The van der Waals surface area contributed by atoms with Crippen LogP contribution in [0, 0.1) is 41.5 Å². The molecule has 2 heterocycles. The molecule has 4 rings (SSSR count). The molecule has 0 amide bonds. The van der Waals surface area contributed by atoms with Crippen molar-refractivity contribution in [3.05, 3.63) is 57.6 Å². The van der Waals surface area contributed by atoms with Gasteiger partial charge in [0.1, 0.15) is 0 Å². The monoisotopic (exact) mass is 550 g/mol. The van der Waals surface area contributed by atoms with Crippen molar-refractivity contribution in [2.45, 2.75) is 80.1 Å². The van der Waals surface area contributed by atoms with Crippen molar-refractivity contribution in [2.24, 2.45) is 0 Å². The van der Waals surface area contributed by atoms with Crippen LogP contribution in [0.5, 0.6) is 0 Å². The summed E-state index contributed by atoms with van der Waals surface area (Å²) < 4.78 is 0. The Bertz CT molecular complexity index is 1020. The second-order valence-electron chi connectivity index (χ2n) is 11.5. The summed E-state index contributed by atoms with van der Waals surface area (Å²) in [7, 11) is 0. The van der Waals surface area contributed by atoms with Gasteiger partial charge in [-0.1, -0.05) is 35.4 Å². The average Bonchev–Trinajstić information content (AvgIpc) is 2.88. The number of nitrogens with zero attached hydrogens (tertiary/aromatic N) is 4. The van der Waals surface area contributed by atoms with Crippen molar-refractivity contribution >= 4 is 46.0 Å². The fourth-order valence-electron chi connectivity index (χ4n) is 6.51. The quantitative estimate of drug-likeness (QED) is 0.357. The summed E-state index contributed by atoms with van der Waals surface area (Å²) in [4.78, 5) is 9.67. The lowest BCUT2D eigenvalue weighted by Gasteiger charge is -2.40. The molecule has 0 atom stereocenters. The van der Waals surface area contributed by atoms with Gasteiger partial charge in [-0.2, -0.15) is 0 Å². The Kier molecular flexibility index (Phi) is 9.69. The van der Waals surface area contributed by atoms with Gasteiger partial charge in [-0.25, -0.2) is 0 Å². The van der Waals surface area contributed by atoms with Gasteiger partial charge in [-0.15, -0.1) is 0 Å². The molecule has 0 saturated carbocycles. The van der Waals surface area contributed by atoms with Crippen molar-refractivity contribution in [2.75, 3.05) is 49.1 Å². The Morgan fingerprint density at radius 1 is 0.553 bits per heavy atom. The van der Waals surface area contributed by atoms with Crippen LogP contribution in [-0.4, -0.2) is 59.3 Å². The molecule has 0 aromatic heterocycles. The summed E-state index contributed by atoms with van der Waals surface area (Å²) in [5.41, 5.74) is 10.3. The number of hydrogen-bond acceptors (Lipinski definition) is 2. The largest absolute Gasteiger partial charge is 0.349 e.